The van der Waals surface area contributed by atoms with E-state index < -0.39 is 38.3 Å². The Hall–Kier alpha value is -2.80. The number of sulfonamides is 2. The van der Waals surface area contributed by atoms with Gasteiger partial charge in [-0.15, -0.1) is 11.3 Å². The van der Waals surface area contributed by atoms with Crippen molar-refractivity contribution in [2.45, 2.75) is 15.5 Å². The number of thiophene rings is 1. The molecule has 0 unspecified atom stereocenters. The third-order valence-electron chi connectivity index (χ3n) is 5.47. The molecule has 0 atom stereocenters. The second-order valence-electron chi connectivity index (χ2n) is 7.77. The maximum atomic E-state index is 14.6. The van der Waals surface area contributed by atoms with Crippen LogP contribution in [0, 0.1) is 5.82 Å². The number of anilines is 2. The molecule has 0 spiro atoms. The van der Waals surface area contributed by atoms with Crippen molar-refractivity contribution in [2.75, 3.05) is 36.4 Å². The molecule has 0 radical (unpaired) electrons. The number of hydrogen-bond donors (Lipinski definition) is 0. The fourth-order valence-corrected chi connectivity index (χ4v) is 7.17. The zero-order valence-electron chi connectivity index (χ0n) is 18.4. The summed E-state index contributed by atoms with van der Waals surface area (Å²) in [4.78, 5) is 14.8. The molecular formula is C22H22FN3O5S3. The summed E-state index contributed by atoms with van der Waals surface area (Å²) in [6.07, 6.45) is 0.412. The van der Waals surface area contributed by atoms with Gasteiger partial charge in [0.15, 0.2) is 0 Å². The molecule has 2 aromatic carbocycles. The fourth-order valence-electron chi connectivity index (χ4n) is 3.69. The maximum Gasteiger partial charge on any atom is 0.274 e. The predicted molar refractivity (Wildman–Crippen MR) is 129 cm³/mol. The average Bonchev–Trinajstić information content (AvgIpc) is 3.48. The first-order valence-electron chi connectivity index (χ1n) is 10.2. The summed E-state index contributed by atoms with van der Waals surface area (Å²) in [6, 6.07) is 12.8. The smallest absolute Gasteiger partial charge is 0.274 e. The van der Waals surface area contributed by atoms with Crippen LogP contribution in [0.15, 0.2) is 69.1 Å². The summed E-state index contributed by atoms with van der Waals surface area (Å²) < 4.78 is 67.9. The number of para-hydroxylation sites is 1. The first-order chi connectivity index (χ1) is 16.0. The van der Waals surface area contributed by atoms with Crippen molar-refractivity contribution >= 4 is 48.7 Å². The number of amides is 1. The van der Waals surface area contributed by atoms with Gasteiger partial charge in [-0.05, 0) is 53.8 Å². The molecule has 0 saturated carbocycles. The van der Waals surface area contributed by atoms with Gasteiger partial charge in [-0.3, -0.25) is 9.10 Å². The third-order valence-corrected chi connectivity index (χ3v) is 10.4. The Morgan fingerprint density at radius 1 is 1.03 bits per heavy atom. The highest BCUT2D eigenvalue weighted by Gasteiger charge is 2.34. The molecule has 0 N–H and O–H groups in total. The third kappa shape index (κ3) is 4.33. The Labute approximate surface area is 201 Å². The normalized spacial score (nSPS) is 13.8. The van der Waals surface area contributed by atoms with Crippen LogP contribution >= 0.6 is 11.3 Å². The molecular weight excluding hydrogens is 501 g/mol. The zero-order valence-corrected chi connectivity index (χ0v) is 20.8. The van der Waals surface area contributed by atoms with Crippen LogP contribution in [-0.2, 0) is 31.3 Å². The van der Waals surface area contributed by atoms with Crippen LogP contribution in [0.25, 0.3) is 0 Å². The highest BCUT2D eigenvalue weighted by molar-refractivity contribution is 7.94. The standard InChI is InChI=1S/C22H22FN3O5S3/c1-24(2)33(28,29)17-9-10-19-16(14-17)11-12-25(19)21(27)15-26(20-7-4-3-6-18(20)23)34(30,31)22-8-5-13-32-22/h3-10,13-14H,11-12,15H2,1-2H3. The van der Waals surface area contributed by atoms with Crippen molar-refractivity contribution in [3.05, 3.63) is 71.4 Å². The molecule has 34 heavy (non-hydrogen) atoms. The summed E-state index contributed by atoms with van der Waals surface area (Å²) >= 11 is 0.975. The minimum absolute atomic E-state index is 0.0103. The largest absolute Gasteiger partial charge is 0.310 e. The number of carbonyl (C=O) groups is 1. The van der Waals surface area contributed by atoms with Gasteiger partial charge in [-0.25, -0.2) is 25.5 Å². The van der Waals surface area contributed by atoms with E-state index in [0.717, 1.165) is 26.0 Å². The van der Waals surface area contributed by atoms with E-state index in [1.165, 1.54) is 61.5 Å². The van der Waals surface area contributed by atoms with Gasteiger partial charge in [0, 0.05) is 26.3 Å². The number of benzene rings is 2. The SMILES string of the molecule is CN(C)S(=O)(=O)c1ccc2c(c1)CCN2C(=O)CN(c1ccccc1F)S(=O)(=O)c1cccs1. The van der Waals surface area contributed by atoms with Gasteiger partial charge in [-0.1, -0.05) is 18.2 Å². The molecule has 0 saturated heterocycles. The van der Waals surface area contributed by atoms with Crippen molar-refractivity contribution in [1.82, 2.24) is 4.31 Å². The molecule has 0 aliphatic carbocycles. The molecule has 1 aliphatic rings. The van der Waals surface area contributed by atoms with Gasteiger partial charge in [0.2, 0.25) is 15.9 Å². The van der Waals surface area contributed by atoms with Crippen LogP contribution < -0.4 is 9.21 Å². The molecule has 12 heteroatoms. The van der Waals surface area contributed by atoms with Gasteiger partial charge in [-0.2, -0.15) is 0 Å². The first kappa shape index (κ1) is 24.3. The van der Waals surface area contributed by atoms with Crippen molar-refractivity contribution in [3.8, 4) is 0 Å². The maximum absolute atomic E-state index is 14.6. The second-order valence-corrected chi connectivity index (χ2v) is 13.0. The molecule has 1 aromatic heterocycles. The van der Waals surface area contributed by atoms with E-state index in [9.17, 15) is 26.0 Å². The summed E-state index contributed by atoms with van der Waals surface area (Å²) in [7, 11) is -4.96. The fraction of sp³-hybridized carbons (Fsp3) is 0.227. The van der Waals surface area contributed by atoms with Crippen LogP contribution in [0.4, 0.5) is 15.8 Å². The minimum Gasteiger partial charge on any atom is -0.310 e. The number of halogens is 1. The molecule has 1 amide bonds. The monoisotopic (exact) mass is 523 g/mol. The number of carbonyl (C=O) groups excluding carboxylic acids is 1. The lowest BCUT2D eigenvalue weighted by molar-refractivity contribution is -0.117. The molecule has 2 heterocycles. The van der Waals surface area contributed by atoms with Gasteiger partial charge in [0.1, 0.15) is 16.6 Å². The zero-order chi connectivity index (χ0) is 24.7. The van der Waals surface area contributed by atoms with Crippen LogP contribution in [0.2, 0.25) is 0 Å². The van der Waals surface area contributed by atoms with Gasteiger partial charge >= 0.3 is 0 Å². The highest BCUT2D eigenvalue weighted by atomic mass is 32.2. The highest BCUT2D eigenvalue weighted by Crippen LogP contribution is 2.33. The summed E-state index contributed by atoms with van der Waals surface area (Å²) in [5.41, 5.74) is 0.940. The molecule has 0 fully saturated rings. The Morgan fingerprint density at radius 2 is 1.76 bits per heavy atom. The van der Waals surface area contributed by atoms with Crippen LogP contribution in [0.3, 0.4) is 0 Å². The van der Waals surface area contributed by atoms with Crippen LogP contribution in [0.5, 0.6) is 0 Å². The van der Waals surface area contributed by atoms with Gasteiger partial charge in [0.05, 0.1) is 10.6 Å². The van der Waals surface area contributed by atoms with E-state index >= 15 is 0 Å². The number of fused-ring (bicyclic) bond motifs is 1. The first-order valence-corrected chi connectivity index (χ1v) is 14.0. The molecule has 1 aliphatic heterocycles. The Balaban J connectivity index is 1.68. The molecule has 3 aromatic rings. The Bertz CT molecular complexity index is 1440. The van der Waals surface area contributed by atoms with Gasteiger partial charge in [0.25, 0.3) is 10.0 Å². The molecule has 180 valence electrons. The number of rotatable bonds is 7. The Morgan fingerprint density at radius 3 is 2.41 bits per heavy atom. The van der Waals surface area contributed by atoms with Crippen molar-refractivity contribution in [2.24, 2.45) is 0 Å². The topological polar surface area (TPSA) is 95.1 Å². The van der Waals surface area contributed by atoms with E-state index in [4.69, 9.17) is 0 Å². The minimum atomic E-state index is -4.19. The lowest BCUT2D eigenvalue weighted by Crippen LogP contribution is -2.42. The summed E-state index contributed by atoms with van der Waals surface area (Å²) in [6.45, 7) is -0.359. The van der Waals surface area contributed by atoms with Crippen LogP contribution in [0.1, 0.15) is 5.56 Å². The van der Waals surface area contributed by atoms with E-state index in [1.807, 2.05) is 0 Å². The number of nitrogens with zero attached hydrogens (tertiary/aromatic N) is 3. The van der Waals surface area contributed by atoms with Crippen molar-refractivity contribution in [3.63, 3.8) is 0 Å². The lowest BCUT2D eigenvalue weighted by Gasteiger charge is -2.26. The summed E-state index contributed by atoms with van der Waals surface area (Å²) in [5.74, 6) is -1.32. The quantitative estimate of drug-likeness (QED) is 0.475. The second kappa shape index (κ2) is 9.10. The molecule has 4 rings (SSSR count). The van der Waals surface area contributed by atoms with Crippen LogP contribution in [-0.4, -0.2) is 54.2 Å². The number of hydrogen-bond acceptors (Lipinski definition) is 6. The van der Waals surface area contributed by atoms with Crippen molar-refractivity contribution in [1.29, 1.82) is 0 Å². The van der Waals surface area contributed by atoms with Gasteiger partial charge < -0.3 is 4.90 Å². The lowest BCUT2D eigenvalue weighted by atomic mass is 10.2. The average molecular weight is 524 g/mol. The molecule has 0 bridgehead atoms. The predicted octanol–water partition coefficient (Wildman–Crippen LogP) is 2.92. The van der Waals surface area contributed by atoms with E-state index in [-0.39, 0.29) is 21.3 Å². The molecule has 8 nitrogen and oxygen atoms in total. The van der Waals surface area contributed by atoms with E-state index in [2.05, 4.69) is 0 Å². The summed E-state index contributed by atoms with van der Waals surface area (Å²) in [5, 5.41) is 1.59. The van der Waals surface area contributed by atoms with Crippen molar-refractivity contribution < 1.29 is 26.0 Å². The Kier molecular flexibility index (Phi) is 6.51. The van der Waals surface area contributed by atoms with E-state index in [0.29, 0.717) is 17.7 Å². The van der Waals surface area contributed by atoms with E-state index in [1.54, 1.807) is 11.4 Å².